The quantitative estimate of drug-likeness (QED) is 0.751. The standard InChI is InChI=1S/C11H11N3O2/c1-6-7(2)13-9-4-3-8(10(12)15)5-14(9)11(6)16/h3-5H,1-2H3,(H2,12,15). The van der Waals surface area contributed by atoms with Crippen LogP contribution in [0.1, 0.15) is 21.6 Å². The molecule has 0 saturated carbocycles. The van der Waals surface area contributed by atoms with Gasteiger partial charge in [-0.2, -0.15) is 0 Å². The van der Waals surface area contributed by atoms with E-state index in [-0.39, 0.29) is 5.56 Å². The lowest BCUT2D eigenvalue weighted by atomic mass is 10.2. The van der Waals surface area contributed by atoms with Crippen molar-refractivity contribution in [3.05, 3.63) is 45.5 Å². The molecule has 0 aliphatic rings. The number of hydrogen-bond acceptors (Lipinski definition) is 3. The normalized spacial score (nSPS) is 10.6. The third-order valence-electron chi connectivity index (χ3n) is 2.58. The summed E-state index contributed by atoms with van der Waals surface area (Å²) in [6.07, 6.45) is 1.42. The topological polar surface area (TPSA) is 77.5 Å². The Bertz CT molecular complexity index is 643. The molecule has 2 aromatic rings. The molecule has 0 aliphatic heterocycles. The van der Waals surface area contributed by atoms with Gasteiger partial charge in [-0.05, 0) is 26.0 Å². The molecule has 2 aromatic heterocycles. The monoisotopic (exact) mass is 217 g/mol. The molecule has 0 saturated heterocycles. The number of aromatic nitrogens is 2. The molecule has 0 spiro atoms. The highest BCUT2D eigenvalue weighted by atomic mass is 16.1. The number of carbonyl (C=O) groups is 1. The first-order valence-corrected chi connectivity index (χ1v) is 4.80. The number of nitrogens with two attached hydrogens (primary N) is 1. The van der Waals surface area contributed by atoms with Gasteiger partial charge < -0.3 is 5.73 Å². The van der Waals surface area contributed by atoms with Crippen molar-refractivity contribution in [3.8, 4) is 0 Å². The fraction of sp³-hybridized carbons (Fsp3) is 0.182. The molecule has 5 nitrogen and oxygen atoms in total. The lowest BCUT2D eigenvalue weighted by molar-refractivity contribution is 0.1000. The first-order chi connectivity index (χ1) is 7.50. The van der Waals surface area contributed by atoms with Crippen molar-refractivity contribution >= 4 is 11.6 Å². The first-order valence-electron chi connectivity index (χ1n) is 4.80. The molecular weight excluding hydrogens is 206 g/mol. The van der Waals surface area contributed by atoms with Gasteiger partial charge in [0.15, 0.2) is 0 Å². The number of pyridine rings is 1. The van der Waals surface area contributed by atoms with Gasteiger partial charge in [0.2, 0.25) is 5.91 Å². The predicted octanol–water partition coefficient (Wildman–Crippen LogP) is 0.410. The largest absolute Gasteiger partial charge is 0.366 e. The molecule has 0 fully saturated rings. The number of hydrogen-bond donors (Lipinski definition) is 1. The van der Waals surface area contributed by atoms with Crippen LogP contribution in [0.25, 0.3) is 5.65 Å². The molecule has 0 bridgehead atoms. The zero-order chi connectivity index (χ0) is 11.9. The summed E-state index contributed by atoms with van der Waals surface area (Å²) in [4.78, 5) is 27.1. The number of aryl methyl sites for hydroxylation is 1. The number of nitrogens with zero attached hydrogens (tertiary/aromatic N) is 2. The van der Waals surface area contributed by atoms with Crippen LogP contribution in [0.15, 0.2) is 23.1 Å². The maximum Gasteiger partial charge on any atom is 0.261 e. The zero-order valence-electron chi connectivity index (χ0n) is 9.02. The second-order valence-electron chi connectivity index (χ2n) is 3.64. The Hall–Kier alpha value is -2.17. The van der Waals surface area contributed by atoms with E-state index in [0.29, 0.717) is 22.5 Å². The fourth-order valence-corrected chi connectivity index (χ4v) is 1.48. The van der Waals surface area contributed by atoms with Crippen molar-refractivity contribution in [2.24, 2.45) is 5.73 Å². The lowest BCUT2D eigenvalue weighted by Crippen LogP contribution is -2.21. The molecule has 0 aliphatic carbocycles. The smallest absolute Gasteiger partial charge is 0.261 e. The highest BCUT2D eigenvalue weighted by Gasteiger charge is 2.07. The van der Waals surface area contributed by atoms with Crippen LogP contribution in [0.2, 0.25) is 0 Å². The number of rotatable bonds is 1. The van der Waals surface area contributed by atoms with Crippen LogP contribution in [0.5, 0.6) is 0 Å². The molecule has 0 unspecified atom stereocenters. The molecule has 16 heavy (non-hydrogen) atoms. The van der Waals surface area contributed by atoms with Gasteiger partial charge in [-0.25, -0.2) is 4.98 Å². The van der Waals surface area contributed by atoms with Crippen molar-refractivity contribution < 1.29 is 4.79 Å². The van der Waals surface area contributed by atoms with Crippen LogP contribution in [0.3, 0.4) is 0 Å². The molecule has 2 heterocycles. The summed E-state index contributed by atoms with van der Waals surface area (Å²) >= 11 is 0. The molecule has 0 atom stereocenters. The van der Waals surface area contributed by atoms with Crippen molar-refractivity contribution in [3.63, 3.8) is 0 Å². The number of carbonyl (C=O) groups excluding carboxylic acids is 1. The van der Waals surface area contributed by atoms with Gasteiger partial charge in [0, 0.05) is 17.5 Å². The molecule has 82 valence electrons. The van der Waals surface area contributed by atoms with Crippen LogP contribution in [-0.2, 0) is 0 Å². The summed E-state index contributed by atoms with van der Waals surface area (Å²) < 4.78 is 1.34. The zero-order valence-corrected chi connectivity index (χ0v) is 9.02. The van der Waals surface area contributed by atoms with Gasteiger partial charge >= 0.3 is 0 Å². The van der Waals surface area contributed by atoms with Gasteiger partial charge in [0.25, 0.3) is 5.56 Å². The maximum absolute atomic E-state index is 11.9. The van der Waals surface area contributed by atoms with Gasteiger partial charge in [0.05, 0.1) is 5.56 Å². The Labute approximate surface area is 91.5 Å². The minimum absolute atomic E-state index is 0.175. The lowest BCUT2D eigenvalue weighted by Gasteiger charge is -2.05. The van der Waals surface area contributed by atoms with E-state index in [1.807, 2.05) is 0 Å². The van der Waals surface area contributed by atoms with Gasteiger partial charge in [-0.15, -0.1) is 0 Å². The Balaban J connectivity index is 2.88. The Kier molecular flexibility index (Phi) is 2.23. The van der Waals surface area contributed by atoms with E-state index in [2.05, 4.69) is 4.98 Å². The molecule has 0 aromatic carbocycles. The van der Waals surface area contributed by atoms with Gasteiger partial charge in [-0.1, -0.05) is 0 Å². The molecule has 2 rings (SSSR count). The van der Waals surface area contributed by atoms with E-state index in [0.717, 1.165) is 0 Å². The minimum Gasteiger partial charge on any atom is -0.366 e. The minimum atomic E-state index is -0.563. The summed E-state index contributed by atoms with van der Waals surface area (Å²) in [5, 5.41) is 0. The van der Waals surface area contributed by atoms with Crippen LogP contribution in [0.4, 0.5) is 0 Å². The summed E-state index contributed by atoms with van der Waals surface area (Å²) in [6, 6.07) is 3.16. The number of fused-ring (bicyclic) bond motifs is 1. The third kappa shape index (κ3) is 1.46. The highest BCUT2D eigenvalue weighted by molar-refractivity contribution is 5.92. The van der Waals surface area contributed by atoms with Crippen molar-refractivity contribution in [2.75, 3.05) is 0 Å². The van der Waals surface area contributed by atoms with Crippen molar-refractivity contribution in [1.29, 1.82) is 0 Å². The molecular formula is C11H11N3O2. The fourth-order valence-electron chi connectivity index (χ4n) is 1.48. The first kappa shape index (κ1) is 10.4. The molecule has 2 N–H and O–H groups in total. The van der Waals surface area contributed by atoms with Gasteiger partial charge in [-0.3, -0.25) is 14.0 Å². The maximum atomic E-state index is 11.9. The van der Waals surface area contributed by atoms with Crippen LogP contribution >= 0.6 is 0 Å². The van der Waals surface area contributed by atoms with Crippen molar-refractivity contribution in [2.45, 2.75) is 13.8 Å². The van der Waals surface area contributed by atoms with Crippen LogP contribution in [-0.4, -0.2) is 15.3 Å². The second-order valence-corrected chi connectivity index (χ2v) is 3.64. The summed E-state index contributed by atoms with van der Waals surface area (Å²) in [7, 11) is 0. The average Bonchev–Trinajstić information content (AvgIpc) is 2.25. The predicted molar refractivity (Wildman–Crippen MR) is 59.5 cm³/mol. The molecule has 1 amide bonds. The van der Waals surface area contributed by atoms with E-state index in [1.165, 1.54) is 10.6 Å². The van der Waals surface area contributed by atoms with Crippen LogP contribution < -0.4 is 11.3 Å². The molecule has 0 radical (unpaired) electrons. The SMILES string of the molecule is Cc1nc2ccc(C(N)=O)cn2c(=O)c1C. The average molecular weight is 217 g/mol. The number of amides is 1. The molecule has 5 heteroatoms. The van der Waals surface area contributed by atoms with Crippen molar-refractivity contribution in [1.82, 2.24) is 9.38 Å². The summed E-state index contributed by atoms with van der Waals surface area (Å²) in [5.74, 6) is -0.563. The Morgan fingerprint density at radius 2 is 2.06 bits per heavy atom. The van der Waals surface area contributed by atoms with E-state index in [4.69, 9.17) is 5.73 Å². The van der Waals surface area contributed by atoms with Crippen LogP contribution in [0, 0.1) is 13.8 Å². The van der Waals surface area contributed by atoms with E-state index < -0.39 is 5.91 Å². The van der Waals surface area contributed by atoms with E-state index >= 15 is 0 Å². The van der Waals surface area contributed by atoms with E-state index in [9.17, 15) is 9.59 Å². The third-order valence-corrected chi connectivity index (χ3v) is 2.58. The Morgan fingerprint density at radius 1 is 1.38 bits per heavy atom. The number of primary amides is 1. The summed E-state index contributed by atoms with van der Waals surface area (Å²) in [6.45, 7) is 3.48. The Morgan fingerprint density at radius 3 is 2.69 bits per heavy atom. The van der Waals surface area contributed by atoms with Gasteiger partial charge in [0.1, 0.15) is 5.65 Å². The second kappa shape index (κ2) is 3.44. The van der Waals surface area contributed by atoms with E-state index in [1.54, 1.807) is 26.0 Å². The highest BCUT2D eigenvalue weighted by Crippen LogP contribution is 2.05. The summed E-state index contributed by atoms with van der Waals surface area (Å²) in [5.41, 5.74) is 7.04.